The van der Waals surface area contributed by atoms with Crippen LogP contribution >= 0.6 is 0 Å². The largest absolute Gasteiger partial charge is 0.573 e. The molecule has 184 valence electrons. The Morgan fingerprint density at radius 3 is 2.34 bits per heavy atom. The average molecular weight is 514 g/mol. The van der Waals surface area contributed by atoms with Crippen LogP contribution in [0.15, 0.2) is 76.6 Å². The summed E-state index contributed by atoms with van der Waals surface area (Å²) in [6.45, 7) is 0.238. The number of nitrogens with zero attached hydrogens (tertiary/aromatic N) is 1. The van der Waals surface area contributed by atoms with Crippen molar-refractivity contribution < 1.29 is 39.5 Å². The van der Waals surface area contributed by atoms with Crippen LogP contribution in [-0.2, 0) is 22.6 Å². The summed E-state index contributed by atoms with van der Waals surface area (Å²) in [7, 11) is -4.49. The van der Waals surface area contributed by atoms with Crippen molar-refractivity contribution in [1.29, 1.82) is 0 Å². The Morgan fingerprint density at radius 1 is 0.886 bits per heavy atom. The van der Waals surface area contributed by atoms with Crippen molar-refractivity contribution in [2.45, 2.75) is 23.9 Å². The van der Waals surface area contributed by atoms with Gasteiger partial charge in [-0.3, -0.25) is 9.71 Å². The monoisotopic (exact) mass is 514 g/mol. The van der Waals surface area contributed by atoms with E-state index in [-0.39, 0.29) is 12.2 Å². The minimum atomic E-state index is -5.09. The summed E-state index contributed by atoms with van der Waals surface area (Å²) in [5, 5.41) is 0. The van der Waals surface area contributed by atoms with E-state index in [1.807, 2.05) is 0 Å². The van der Waals surface area contributed by atoms with Crippen LogP contribution < -0.4 is 9.46 Å². The van der Waals surface area contributed by atoms with Gasteiger partial charge in [-0.25, -0.2) is 8.42 Å². The van der Waals surface area contributed by atoms with Crippen LogP contribution in [0.3, 0.4) is 0 Å². The molecule has 0 aromatic heterocycles. The zero-order valence-corrected chi connectivity index (χ0v) is 18.4. The van der Waals surface area contributed by atoms with Gasteiger partial charge in [-0.05, 0) is 48.4 Å². The number of hydrogen-bond acceptors (Lipinski definition) is 4. The van der Waals surface area contributed by atoms with E-state index in [1.165, 1.54) is 36.4 Å². The van der Waals surface area contributed by atoms with E-state index in [9.17, 15) is 34.8 Å². The number of benzene rings is 3. The number of ether oxygens (including phenoxy) is 1. The molecule has 3 aromatic rings. The van der Waals surface area contributed by atoms with Crippen molar-refractivity contribution in [3.8, 4) is 5.75 Å². The molecule has 0 atom stereocenters. The molecule has 12 heteroatoms. The van der Waals surface area contributed by atoms with Crippen molar-refractivity contribution in [3.05, 3.63) is 89.0 Å². The molecular formula is C23H16F6N2O3S. The van der Waals surface area contributed by atoms with Crippen LogP contribution in [0.2, 0.25) is 0 Å². The van der Waals surface area contributed by atoms with E-state index in [1.54, 1.807) is 6.07 Å². The van der Waals surface area contributed by atoms with Gasteiger partial charge in [0.2, 0.25) is 0 Å². The van der Waals surface area contributed by atoms with Gasteiger partial charge < -0.3 is 4.74 Å². The molecule has 35 heavy (non-hydrogen) atoms. The zero-order valence-electron chi connectivity index (χ0n) is 17.6. The molecule has 0 spiro atoms. The maximum absolute atomic E-state index is 13.1. The highest BCUT2D eigenvalue weighted by molar-refractivity contribution is 7.92. The van der Waals surface area contributed by atoms with Crippen LogP contribution in [0.5, 0.6) is 5.75 Å². The zero-order chi connectivity index (χ0) is 25.4. The van der Waals surface area contributed by atoms with Gasteiger partial charge in [0.1, 0.15) is 10.6 Å². The predicted octanol–water partition coefficient (Wildman–Crippen LogP) is 5.80. The molecule has 0 amide bonds. The molecule has 0 radical (unpaired) electrons. The summed E-state index contributed by atoms with van der Waals surface area (Å²) in [6.07, 6.45) is -9.27. The Hall–Kier alpha value is -3.54. The molecule has 0 saturated heterocycles. The molecule has 0 unspecified atom stereocenters. The van der Waals surface area contributed by atoms with Crippen molar-refractivity contribution in [1.82, 2.24) is 0 Å². The van der Waals surface area contributed by atoms with Gasteiger partial charge in [0.05, 0.1) is 11.3 Å². The number of hydrogen-bond donors (Lipinski definition) is 1. The highest BCUT2D eigenvalue weighted by Gasteiger charge is 2.34. The Balaban J connectivity index is 1.65. The molecule has 0 fully saturated rings. The lowest BCUT2D eigenvalue weighted by atomic mass is 9.91. The third kappa shape index (κ3) is 5.59. The fourth-order valence-electron chi connectivity index (χ4n) is 3.65. The number of anilines is 1. The van der Waals surface area contributed by atoms with Crippen LogP contribution in [0.1, 0.15) is 22.3 Å². The molecule has 0 bridgehead atoms. The number of alkyl halides is 6. The molecule has 5 nitrogen and oxygen atoms in total. The van der Waals surface area contributed by atoms with Crippen molar-refractivity contribution in [2.24, 2.45) is 4.99 Å². The lowest BCUT2D eigenvalue weighted by Crippen LogP contribution is -2.21. The Morgan fingerprint density at radius 2 is 1.63 bits per heavy atom. The Kier molecular flexibility index (Phi) is 6.26. The van der Waals surface area contributed by atoms with Gasteiger partial charge >= 0.3 is 12.5 Å². The van der Waals surface area contributed by atoms with E-state index in [4.69, 9.17) is 0 Å². The van der Waals surface area contributed by atoms with Crippen LogP contribution in [0.4, 0.5) is 32.0 Å². The highest BCUT2D eigenvalue weighted by Crippen LogP contribution is 2.33. The third-order valence-corrected chi connectivity index (χ3v) is 6.51. The molecule has 0 aliphatic carbocycles. The van der Waals surface area contributed by atoms with Gasteiger partial charge in [0.15, 0.2) is 0 Å². The second-order valence-corrected chi connectivity index (χ2v) is 9.18. The predicted molar refractivity (Wildman–Crippen MR) is 116 cm³/mol. The normalized spacial score (nSPS) is 14.2. The summed E-state index contributed by atoms with van der Waals surface area (Å²) in [4.78, 5) is 3.68. The standard InChI is InChI=1S/C23H16F6N2O3S/c24-22(25,26)16-8-9-18-14(12-16)10-11-30-21(18)15-4-3-5-17(13-15)31-35(32,33)20-7-2-1-6-19(20)34-23(27,28)29/h1-9,12-13,31H,10-11H2. The van der Waals surface area contributed by atoms with Gasteiger partial charge in [-0.2, -0.15) is 13.2 Å². The fourth-order valence-corrected chi connectivity index (χ4v) is 4.83. The number of nitrogens with one attached hydrogen (secondary N) is 1. The number of para-hydroxylation sites is 1. The smallest absolute Gasteiger partial charge is 0.404 e. The van der Waals surface area contributed by atoms with E-state index in [0.717, 1.165) is 24.3 Å². The van der Waals surface area contributed by atoms with Crippen LogP contribution in [0, 0.1) is 0 Å². The first-order chi connectivity index (χ1) is 16.3. The molecule has 1 aliphatic heterocycles. The first kappa shape index (κ1) is 24.6. The van der Waals surface area contributed by atoms with Crippen molar-refractivity contribution >= 4 is 21.4 Å². The summed E-state index contributed by atoms with van der Waals surface area (Å²) >= 11 is 0. The summed E-state index contributed by atoms with van der Waals surface area (Å²) in [5.41, 5.74) is 0.972. The van der Waals surface area contributed by atoms with Crippen LogP contribution in [0.25, 0.3) is 0 Å². The van der Waals surface area contributed by atoms with E-state index < -0.39 is 38.8 Å². The van der Waals surface area contributed by atoms with E-state index in [2.05, 4.69) is 14.5 Å². The first-order valence-electron chi connectivity index (χ1n) is 10.1. The molecule has 4 rings (SSSR count). The van der Waals surface area contributed by atoms with Gasteiger partial charge in [0, 0.05) is 23.4 Å². The molecule has 1 heterocycles. The molecule has 1 aliphatic rings. The topological polar surface area (TPSA) is 67.8 Å². The van der Waals surface area contributed by atoms with Crippen LogP contribution in [-0.4, -0.2) is 27.0 Å². The maximum Gasteiger partial charge on any atom is 0.573 e. The molecule has 3 aromatic carbocycles. The summed E-state index contributed by atoms with van der Waals surface area (Å²) in [5.74, 6) is -0.894. The number of rotatable bonds is 5. The molecule has 1 N–H and O–H groups in total. The Labute approximate surface area is 196 Å². The SMILES string of the molecule is O=S(=O)(Nc1cccc(C2=NCCc3cc(C(F)(F)F)ccc32)c1)c1ccccc1OC(F)(F)F. The minimum absolute atomic E-state index is 0.0195. The Bertz CT molecular complexity index is 1400. The lowest BCUT2D eigenvalue weighted by Gasteiger charge is -2.20. The van der Waals surface area contributed by atoms with Gasteiger partial charge in [-0.15, -0.1) is 13.2 Å². The summed E-state index contributed by atoms with van der Waals surface area (Å²) < 4.78 is 109. The first-order valence-corrected chi connectivity index (χ1v) is 11.5. The van der Waals surface area contributed by atoms with E-state index in [0.29, 0.717) is 28.8 Å². The van der Waals surface area contributed by atoms with Gasteiger partial charge in [0.25, 0.3) is 10.0 Å². The lowest BCUT2D eigenvalue weighted by molar-refractivity contribution is -0.275. The number of fused-ring (bicyclic) bond motifs is 1. The number of halogens is 6. The molecule has 0 saturated carbocycles. The third-order valence-electron chi connectivity index (χ3n) is 5.09. The van der Waals surface area contributed by atoms with Crippen molar-refractivity contribution in [3.63, 3.8) is 0 Å². The fraction of sp³-hybridized carbons (Fsp3) is 0.174. The second-order valence-electron chi connectivity index (χ2n) is 7.53. The van der Waals surface area contributed by atoms with Crippen molar-refractivity contribution in [2.75, 3.05) is 11.3 Å². The highest BCUT2D eigenvalue weighted by atomic mass is 32.2. The second kappa shape index (κ2) is 8.91. The summed E-state index contributed by atoms with van der Waals surface area (Å²) in [6, 6.07) is 13.5. The average Bonchev–Trinajstić information content (AvgIpc) is 2.77. The maximum atomic E-state index is 13.1. The quantitative estimate of drug-likeness (QED) is 0.438. The number of sulfonamides is 1. The van der Waals surface area contributed by atoms with Gasteiger partial charge in [-0.1, -0.05) is 30.3 Å². The molecular weight excluding hydrogens is 498 g/mol. The van der Waals surface area contributed by atoms with E-state index >= 15 is 0 Å². The number of aliphatic imine (C=N–C) groups is 1. The minimum Gasteiger partial charge on any atom is -0.404 e.